The highest BCUT2D eigenvalue weighted by molar-refractivity contribution is 5.87. The van der Waals surface area contributed by atoms with Crippen LogP contribution in [0, 0.1) is 5.82 Å². The molecular formula is C29H26F4N2O. The zero-order valence-corrected chi connectivity index (χ0v) is 19.6. The van der Waals surface area contributed by atoms with Crippen LogP contribution in [0.4, 0.5) is 17.6 Å². The van der Waals surface area contributed by atoms with Gasteiger partial charge in [0.25, 0.3) is 0 Å². The summed E-state index contributed by atoms with van der Waals surface area (Å²) < 4.78 is 56.1. The molecule has 0 radical (unpaired) electrons. The molecule has 1 aliphatic rings. The van der Waals surface area contributed by atoms with Gasteiger partial charge in [0.2, 0.25) is 5.91 Å². The van der Waals surface area contributed by atoms with Crippen LogP contribution in [0.5, 0.6) is 0 Å². The van der Waals surface area contributed by atoms with Crippen LogP contribution in [0.25, 0.3) is 10.9 Å². The summed E-state index contributed by atoms with van der Waals surface area (Å²) in [4.78, 5) is 15.0. The minimum Gasteiger partial charge on any atom is -0.343 e. The summed E-state index contributed by atoms with van der Waals surface area (Å²) in [6.45, 7) is 1.83. The first-order valence-corrected chi connectivity index (χ1v) is 12.1. The van der Waals surface area contributed by atoms with Gasteiger partial charge in [0.1, 0.15) is 5.82 Å². The molecule has 0 saturated carbocycles. The van der Waals surface area contributed by atoms with Crippen molar-refractivity contribution in [3.05, 3.63) is 107 Å². The molecule has 5 rings (SSSR count). The number of halogens is 4. The zero-order valence-electron chi connectivity index (χ0n) is 19.6. The topological polar surface area (TPSA) is 25.2 Å². The molecule has 36 heavy (non-hydrogen) atoms. The van der Waals surface area contributed by atoms with Crippen molar-refractivity contribution in [2.24, 2.45) is 0 Å². The highest BCUT2D eigenvalue weighted by atomic mass is 19.4. The van der Waals surface area contributed by atoms with Gasteiger partial charge in [-0.05, 0) is 53.8 Å². The largest absolute Gasteiger partial charge is 0.416 e. The first kappa shape index (κ1) is 24.1. The van der Waals surface area contributed by atoms with E-state index in [0.717, 1.165) is 47.0 Å². The van der Waals surface area contributed by atoms with Crippen LogP contribution in [0.3, 0.4) is 0 Å². The number of hydrogen-bond donors (Lipinski definition) is 0. The van der Waals surface area contributed by atoms with Crippen molar-refractivity contribution in [2.45, 2.75) is 37.9 Å². The molecule has 3 nitrogen and oxygen atoms in total. The van der Waals surface area contributed by atoms with Gasteiger partial charge in [-0.25, -0.2) is 4.39 Å². The standard InChI is InChI=1S/C29H26F4N2O/c30-23-12-10-20(11-13-23)18-35-19-26(24-8-1-2-9-27(24)35)25(17-28(36)34-14-3-4-15-34)21-6-5-7-22(16-21)29(31,32)33/h1-2,5-13,16,19,25H,3-4,14-15,17-18H2/t25-/m1/s1. The number of carbonyl (C=O) groups excluding carboxylic acids is 1. The van der Waals surface area contributed by atoms with Gasteiger partial charge in [0.05, 0.1) is 5.56 Å². The van der Waals surface area contributed by atoms with Gasteiger partial charge in [-0.2, -0.15) is 13.2 Å². The summed E-state index contributed by atoms with van der Waals surface area (Å²) in [7, 11) is 0. The number of amides is 1. The molecule has 1 aromatic heterocycles. The van der Waals surface area contributed by atoms with Gasteiger partial charge in [0.15, 0.2) is 0 Å². The summed E-state index contributed by atoms with van der Waals surface area (Å²) in [5.41, 5.74) is 2.34. The van der Waals surface area contributed by atoms with Crippen LogP contribution in [0.1, 0.15) is 47.4 Å². The van der Waals surface area contributed by atoms with Crippen LogP contribution in [0.15, 0.2) is 79.0 Å². The van der Waals surface area contributed by atoms with Gasteiger partial charge in [0, 0.05) is 49.1 Å². The third-order valence-corrected chi connectivity index (χ3v) is 6.91. The fourth-order valence-electron chi connectivity index (χ4n) is 5.08. The lowest BCUT2D eigenvalue weighted by atomic mass is 9.87. The molecule has 186 valence electrons. The molecule has 1 saturated heterocycles. The molecule has 0 aliphatic carbocycles. The fourth-order valence-corrected chi connectivity index (χ4v) is 5.08. The van der Waals surface area contributed by atoms with Crippen molar-refractivity contribution in [3.63, 3.8) is 0 Å². The molecule has 2 heterocycles. The second-order valence-corrected chi connectivity index (χ2v) is 9.32. The maximum Gasteiger partial charge on any atom is 0.416 e. The van der Waals surface area contributed by atoms with Crippen LogP contribution in [-0.4, -0.2) is 28.5 Å². The molecule has 1 amide bonds. The first-order valence-electron chi connectivity index (χ1n) is 12.1. The van der Waals surface area contributed by atoms with Crippen LogP contribution in [0.2, 0.25) is 0 Å². The molecule has 1 aliphatic heterocycles. The quantitative estimate of drug-likeness (QED) is 0.265. The second kappa shape index (κ2) is 9.80. The number of hydrogen-bond acceptors (Lipinski definition) is 1. The Bertz CT molecular complexity index is 1370. The molecule has 0 bridgehead atoms. The van der Waals surface area contributed by atoms with E-state index in [1.54, 1.807) is 23.1 Å². The highest BCUT2D eigenvalue weighted by Gasteiger charge is 2.32. The van der Waals surface area contributed by atoms with Crippen LogP contribution >= 0.6 is 0 Å². The first-order chi connectivity index (χ1) is 17.3. The maximum atomic E-state index is 13.6. The van der Waals surface area contributed by atoms with Gasteiger partial charge in [-0.15, -0.1) is 0 Å². The van der Waals surface area contributed by atoms with E-state index in [1.165, 1.54) is 18.2 Å². The predicted molar refractivity (Wildman–Crippen MR) is 131 cm³/mol. The Hall–Kier alpha value is -3.61. The average Bonchev–Trinajstić information content (AvgIpc) is 3.53. The van der Waals surface area contributed by atoms with Crippen molar-refractivity contribution in [3.8, 4) is 0 Å². The third kappa shape index (κ3) is 5.01. The number of aromatic nitrogens is 1. The number of fused-ring (bicyclic) bond motifs is 1. The van der Waals surface area contributed by atoms with E-state index >= 15 is 0 Å². The summed E-state index contributed by atoms with van der Waals surface area (Å²) in [5, 5.41) is 0.885. The summed E-state index contributed by atoms with van der Waals surface area (Å²) in [6.07, 6.45) is -0.577. The van der Waals surface area contributed by atoms with Crippen molar-refractivity contribution in [1.82, 2.24) is 9.47 Å². The van der Waals surface area contributed by atoms with Crippen LogP contribution in [-0.2, 0) is 17.5 Å². The predicted octanol–water partition coefficient (Wildman–Crippen LogP) is 6.99. The highest BCUT2D eigenvalue weighted by Crippen LogP contribution is 2.38. The summed E-state index contributed by atoms with van der Waals surface area (Å²) >= 11 is 0. The second-order valence-electron chi connectivity index (χ2n) is 9.32. The molecule has 0 N–H and O–H groups in total. The van der Waals surface area contributed by atoms with E-state index in [1.807, 2.05) is 35.0 Å². The maximum absolute atomic E-state index is 13.6. The number of likely N-dealkylation sites (tertiary alicyclic amines) is 1. The normalized spacial score (nSPS) is 14.9. The van der Waals surface area contributed by atoms with Gasteiger partial charge in [-0.1, -0.05) is 48.5 Å². The fraction of sp³-hybridized carbons (Fsp3) is 0.276. The number of rotatable bonds is 6. The number of para-hydroxylation sites is 1. The molecule has 0 spiro atoms. The van der Waals surface area contributed by atoms with Gasteiger partial charge in [-0.3, -0.25) is 4.79 Å². The Kier molecular flexibility index (Phi) is 6.56. The van der Waals surface area contributed by atoms with E-state index in [4.69, 9.17) is 0 Å². The lowest BCUT2D eigenvalue weighted by Crippen LogP contribution is -2.29. The van der Waals surface area contributed by atoms with Crippen molar-refractivity contribution in [2.75, 3.05) is 13.1 Å². The molecular weight excluding hydrogens is 468 g/mol. The van der Waals surface area contributed by atoms with Gasteiger partial charge < -0.3 is 9.47 Å². The van der Waals surface area contributed by atoms with Crippen molar-refractivity contribution < 1.29 is 22.4 Å². The van der Waals surface area contributed by atoms with Crippen molar-refractivity contribution >= 4 is 16.8 Å². The summed E-state index contributed by atoms with van der Waals surface area (Å²) in [6, 6.07) is 19.2. The Balaban J connectivity index is 1.60. The molecule has 1 atom stereocenters. The number of alkyl halides is 3. The minimum absolute atomic E-state index is 0.0507. The van der Waals surface area contributed by atoms with E-state index < -0.39 is 17.7 Å². The molecule has 0 unspecified atom stereocenters. The van der Waals surface area contributed by atoms with E-state index in [-0.39, 0.29) is 18.1 Å². The van der Waals surface area contributed by atoms with Gasteiger partial charge >= 0.3 is 6.18 Å². The molecule has 1 fully saturated rings. The average molecular weight is 495 g/mol. The Morgan fingerprint density at radius 3 is 2.36 bits per heavy atom. The van der Waals surface area contributed by atoms with E-state index in [2.05, 4.69) is 0 Å². The SMILES string of the molecule is O=C(C[C@H](c1cccc(C(F)(F)F)c1)c1cn(Cc2ccc(F)cc2)c2ccccc12)N1CCCC1. The monoisotopic (exact) mass is 494 g/mol. The molecule has 7 heteroatoms. The van der Waals surface area contributed by atoms with Crippen molar-refractivity contribution in [1.29, 1.82) is 0 Å². The molecule has 3 aromatic carbocycles. The number of carbonyl (C=O) groups is 1. The van der Waals surface area contributed by atoms with E-state index in [0.29, 0.717) is 25.2 Å². The zero-order chi connectivity index (χ0) is 25.3. The van der Waals surface area contributed by atoms with Crippen LogP contribution < -0.4 is 0 Å². The lowest BCUT2D eigenvalue weighted by Gasteiger charge is -2.22. The Morgan fingerprint density at radius 1 is 0.917 bits per heavy atom. The number of benzene rings is 3. The summed E-state index contributed by atoms with van der Waals surface area (Å²) in [5.74, 6) is -0.910. The smallest absolute Gasteiger partial charge is 0.343 e. The lowest BCUT2D eigenvalue weighted by molar-refractivity contribution is -0.137. The Labute approximate surface area is 207 Å². The minimum atomic E-state index is -4.48. The Morgan fingerprint density at radius 2 is 1.64 bits per heavy atom. The molecule has 4 aromatic rings. The third-order valence-electron chi connectivity index (χ3n) is 6.91. The van der Waals surface area contributed by atoms with E-state index in [9.17, 15) is 22.4 Å². The number of nitrogens with zero attached hydrogens (tertiary/aromatic N) is 2.